The number of nitrogens with one attached hydrogen (secondary N) is 1. The summed E-state index contributed by atoms with van der Waals surface area (Å²) in [4.78, 5) is 17.8. The number of benzene rings is 2. The zero-order valence-electron chi connectivity index (χ0n) is 15.2. The third-order valence-corrected chi connectivity index (χ3v) is 5.36. The largest absolute Gasteiger partial charge is 0.361 e. The summed E-state index contributed by atoms with van der Waals surface area (Å²) in [6.45, 7) is 1.21. The predicted octanol–water partition coefficient (Wildman–Crippen LogP) is 3.62. The molecule has 0 spiro atoms. The van der Waals surface area contributed by atoms with E-state index in [0.29, 0.717) is 13.1 Å². The third kappa shape index (κ3) is 2.87. The molecule has 4 aromatic rings. The van der Waals surface area contributed by atoms with Gasteiger partial charge in [-0.3, -0.25) is 4.79 Å². The predicted molar refractivity (Wildman–Crippen MR) is 105 cm³/mol. The lowest BCUT2D eigenvalue weighted by atomic mass is 10.1. The molecule has 0 bridgehead atoms. The Kier molecular flexibility index (Phi) is 3.97. The molecule has 3 heterocycles. The normalized spacial score (nSPS) is 13.7. The first-order valence-corrected chi connectivity index (χ1v) is 9.33. The molecule has 6 heteroatoms. The smallest absolute Gasteiger partial charge is 0.227 e. The Morgan fingerprint density at radius 1 is 1.18 bits per heavy atom. The van der Waals surface area contributed by atoms with E-state index in [4.69, 9.17) is 0 Å². The van der Waals surface area contributed by atoms with Crippen LogP contribution in [0, 0.1) is 5.82 Å². The van der Waals surface area contributed by atoms with E-state index >= 15 is 0 Å². The molecular weight excluding hydrogens is 355 g/mol. The molecule has 2 aromatic carbocycles. The van der Waals surface area contributed by atoms with Crippen LogP contribution in [-0.2, 0) is 24.2 Å². The van der Waals surface area contributed by atoms with Crippen LogP contribution < -0.4 is 0 Å². The molecular formula is C22H19FN4O. The average molecular weight is 374 g/mol. The van der Waals surface area contributed by atoms with Crippen LogP contribution in [0.3, 0.4) is 0 Å². The summed E-state index contributed by atoms with van der Waals surface area (Å²) in [5.74, 6) is -0.250. The summed E-state index contributed by atoms with van der Waals surface area (Å²) in [6.07, 6.45) is 4.66. The number of fused-ring (bicyclic) bond motifs is 2. The summed E-state index contributed by atoms with van der Waals surface area (Å²) in [7, 11) is 0. The maximum absolute atomic E-state index is 13.6. The fourth-order valence-corrected chi connectivity index (χ4v) is 3.91. The molecule has 1 aliphatic rings. The lowest BCUT2D eigenvalue weighted by Gasteiger charge is -2.27. The van der Waals surface area contributed by atoms with Crippen LogP contribution in [-0.4, -0.2) is 32.1 Å². The van der Waals surface area contributed by atoms with Gasteiger partial charge in [0, 0.05) is 42.2 Å². The zero-order valence-corrected chi connectivity index (χ0v) is 15.2. The van der Waals surface area contributed by atoms with Crippen molar-refractivity contribution >= 4 is 16.8 Å². The minimum Gasteiger partial charge on any atom is -0.361 e. The van der Waals surface area contributed by atoms with Crippen LogP contribution in [0.5, 0.6) is 0 Å². The minimum atomic E-state index is -0.295. The van der Waals surface area contributed by atoms with E-state index in [1.165, 1.54) is 12.1 Å². The van der Waals surface area contributed by atoms with Crippen LogP contribution in [0.1, 0.15) is 16.8 Å². The van der Waals surface area contributed by atoms with Crippen molar-refractivity contribution in [1.29, 1.82) is 0 Å². The number of aromatic amines is 1. The molecule has 5 rings (SSSR count). The monoisotopic (exact) mass is 374 g/mol. The van der Waals surface area contributed by atoms with E-state index in [1.54, 1.807) is 12.3 Å². The van der Waals surface area contributed by atoms with Gasteiger partial charge in [0.05, 0.1) is 24.0 Å². The molecule has 2 aromatic heterocycles. The molecule has 140 valence electrons. The molecule has 0 atom stereocenters. The second-order valence-electron chi connectivity index (χ2n) is 7.11. The van der Waals surface area contributed by atoms with Crippen molar-refractivity contribution in [2.45, 2.75) is 19.4 Å². The van der Waals surface area contributed by atoms with E-state index in [-0.39, 0.29) is 18.1 Å². The summed E-state index contributed by atoms with van der Waals surface area (Å²) in [5.41, 5.74) is 4.93. The van der Waals surface area contributed by atoms with Crippen LogP contribution >= 0.6 is 0 Å². The van der Waals surface area contributed by atoms with Gasteiger partial charge < -0.3 is 9.88 Å². The molecule has 1 amide bonds. The zero-order chi connectivity index (χ0) is 19.1. The first-order valence-electron chi connectivity index (χ1n) is 9.33. The molecule has 0 saturated heterocycles. The van der Waals surface area contributed by atoms with Crippen molar-refractivity contribution in [2.75, 3.05) is 6.54 Å². The van der Waals surface area contributed by atoms with E-state index < -0.39 is 0 Å². The number of carbonyl (C=O) groups is 1. The van der Waals surface area contributed by atoms with Gasteiger partial charge in [0.25, 0.3) is 0 Å². The number of H-pyrrole nitrogens is 1. The topological polar surface area (TPSA) is 53.9 Å². The van der Waals surface area contributed by atoms with Crippen LogP contribution in [0.25, 0.3) is 16.6 Å². The standard InChI is InChI=1S/C22H19FN4O/c23-17-6-7-20-19(11-17)15(12-24-20)10-22(28)26-9-8-21-16(14-26)13-25-27(21)18-4-2-1-3-5-18/h1-7,11-13,24H,8-10,14H2. The van der Waals surface area contributed by atoms with Crippen LogP contribution in [0.4, 0.5) is 4.39 Å². The highest BCUT2D eigenvalue weighted by molar-refractivity contribution is 5.89. The van der Waals surface area contributed by atoms with Crippen molar-refractivity contribution in [3.8, 4) is 5.69 Å². The Bertz CT molecular complexity index is 1160. The third-order valence-electron chi connectivity index (χ3n) is 5.36. The highest BCUT2D eigenvalue weighted by Crippen LogP contribution is 2.24. The molecule has 0 aliphatic carbocycles. The molecule has 0 radical (unpaired) electrons. The van der Waals surface area contributed by atoms with Crippen LogP contribution in [0.2, 0.25) is 0 Å². The lowest BCUT2D eigenvalue weighted by molar-refractivity contribution is -0.131. The molecule has 1 N–H and O–H groups in total. The first kappa shape index (κ1) is 16.7. The maximum Gasteiger partial charge on any atom is 0.227 e. The second-order valence-corrected chi connectivity index (χ2v) is 7.11. The van der Waals surface area contributed by atoms with E-state index in [1.807, 2.05) is 46.1 Å². The Hall–Kier alpha value is -3.41. The van der Waals surface area contributed by atoms with Crippen LogP contribution in [0.15, 0.2) is 60.9 Å². The van der Waals surface area contributed by atoms with Gasteiger partial charge in [-0.1, -0.05) is 18.2 Å². The molecule has 0 fully saturated rings. The number of aromatic nitrogens is 3. The molecule has 0 unspecified atom stereocenters. The number of carbonyl (C=O) groups excluding carboxylic acids is 1. The quantitative estimate of drug-likeness (QED) is 0.595. The number of para-hydroxylation sites is 1. The van der Waals surface area contributed by atoms with Gasteiger partial charge >= 0.3 is 0 Å². The van der Waals surface area contributed by atoms with Crippen molar-refractivity contribution in [2.24, 2.45) is 0 Å². The number of rotatable bonds is 3. The number of nitrogens with zero attached hydrogens (tertiary/aromatic N) is 3. The van der Waals surface area contributed by atoms with Gasteiger partial charge in [0.1, 0.15) is 5.82 Å². The lowest BCUT2D eigenvalue weighted by Crippen LogP contribution is -2.37. The summed E-state index contributed by atoms with van der Waals surface area (Å²) in [6, 6.07) is 14.6. The molecule has 5 nitrogen and oxygen atoms in total. The van der Waals surface area contributed by atoms with Crippen molar-refractivity contribution < 1.29 is 9.18 Å². The Balaban J connectivity index is 1.35. The van der Waals surface area contributed by atoms with Gasteiger partial charge in [0.15, 0.2) is 0 Å². The summed E-state index contributed by atoms with van der Waals surface area (Å²) in [5, 5.41) is 5.29. The van der Waals surface area contributed by atoms with E-state index in [0.717, 1.165) is 39.8 Å². The minimum absolute atomic E-state index is 0.0447. The number of amides is 1. The summed E-state index contributed by atoms with van der Waals surface area (Å²) >= 11 is 0. The fraction of sp³-hybridized carbons (Fsp3) is 0.182. The highest BCUT2D eigenvalue weighted by atomic mass is 19.1. The molecule has 28 heavy (non-hydrogen) atoms. The van der Waals surface area contributed by atoms with Gasteiger partial charge in [-0.25, -0.2) is 9.07 Å². The summed E-state index contributed by atoms with van der Waals surface area (Å²) < 4.78 is 15.5. The van der Waals surface area contributed by atoms with Crippen molar-refractivity contribution in [3.05, 3.63) is 83.6 Å². The second kappa shape index (κ2) is 6.64. The highest BCUT2D eigenvalue weighted by Gasteiger charge is 2.25. The number of hydrogen-bond acceptors (Lipinski definition) is 2. The molecule has 1 aliphatic heterocycles. The molecule has 0 saturated carbocycles. The average Bonchev–Trinajstić information content (AvgIpc) is 3.32. The number of hydrogen-bond donors (Lipinski definition) is 1. The van der Waals surface area contributed by atoms with Crippen molar-refractivity contribution in [3.63, 3.8) is 0 Å². The number of halogens is 1. The first-order chi connectivity index (χ1) is 13.7. The van der Waals surface area contributed by atoms with E-state index in [9.17, 15) is 9.18 Å². The fourth-order valence-electron chi connectivity index (χ4n) is 3.91. The van der Waals surface area contributed by atoms with Gasteiger partial charge in [-0.05, 0) is 35.9 Å². The van der Waals surface area contributed by atoms with E-state index in [2.05, 4.69) is 10.1 Å². The Morgan fingerprint density at radius 3 is 2.89 bits per heavy atom. The Labute approximate surface area is 161 Å². The van der Waals surface area contributed by atoms with Gasteiger partial charge in [-0.2, -0.15) is 5.10 Å². The Morgan fingerprint density at radius 2 is 2.04 bits per heavy atom. The van der Waals surface area contributed by atoms with Crippen molar-refractivity contribution in [1.82, 2.24) is 19.7 Å². The maximum atomic E-state index is 13.6. The van der Waals surface area contributed by atoms with Gasteiger partial charge in [0.2, 0.25) is 5.91 Å². The SMILES string of the molecule is O=C(Cc1c[nH]c2ccc(F)cc12)N1CCc2c(cnn2-c2ccccc2)C1. The van der Waals surface area contributed by atoms with Gasteiger partial charge in [-0.15, -0.1) is 0 Å².